The number of carbonyl (C=O) groups excluding carboxylic acids is 1. The lowest BCUT2D eigenvalue weighted by Gasteiger charge is -2.17. The highest BCUT2D eigenvalue weighted by molar-refractivity contribution is 7.10. The Morgan fingerprint density at radius 2 is 1.73 bits per heavy atom. The first kappa shape index (κ1) is 26.3. The molecule has 0 unspecified atom stereocenters. The first-order valence-corrected chi connectivity index (χ1v) is 12.4. The number of aromatic nitrogens is 2. The number of carbonyl (C=O) groups is 1. The van der Waals surface area contributed by atoms with E-state index < -0.39 is 6.04 Å². The van der Waals surface area contributed by atoms with Gasteiger partial charge in [-0.1, -0.05) is 6.07 Å². The van der Waals surface area contributed by atoms with Crippen LogP contribution in [0.2, 0.25) is 0 Å². The minimum absolute atomic E-state index is 0.298. The fourth-order valence-electron chi connectivity index (χ4n) is 3.95. The summed E-state index contributed by atoms with van der Waals surface area (Å²) in [5.74, 6) is 1.81. The largest absolute Gasteiger partial charge is 0.495 e. The zero-order chi connectivity index (χ0) is 26.4. The molecule has 0 spiro atoms. The van der Waals surface area contributed by atoms with E-state index in [1.807, 2.05) is 36.4 Å². The first-order valence-electron chi connectivity index (χ1n) is 11.3. The molecule has 0 radical (unpaired) electrons. The van der Waals surface area contributed by atoms with Gasteiger partial charge >= 0.3 is 0 Å². The molecule has 2 aromatic carbocycles. The summed E-state index contributed by atoms with van der Waals surface area (Å²) in [6.07, 6.45) is 3.97. The van der Waals surface area contributed by atoms with Crippen LogP contribution in [0.5, 0.6) is 23.0 Å². The standard InChI is InChI=1S/C26H27ClN4O5S/c1-33-21-8-7-15(10-19(21)30-26(32)20(31-27)13-17-6-5-9-28-17)18-14-29-37-25(18)16-11-22(34-2)24(36-4)23(12-16)35-3/h5-12,14,20,28,31H,13H2,1-4H3,(H,30,32)/t20-/m1/s1. The van der Waals surface area contributed by atoms with Crippen LogP contribution in [0.15, 0.2) is 54.9 Å². The molecule has 9 nitrogen and oxygen atoms in total. The molecule has 1 amide bonds. The van der Waals surface area contributed by atoms with Gasteiger partial charge in [-0.15, -0.1) is 0 Å². The molecule has 3 N–H and O–H groups in total. The fourth-order valence-corrected chi connectivity index (χ4v) is 4.89. The highest BCUT2D eigenvalue weighted by Gasteiger charge is 2.22. The van der Waals surface area contributed by atoms with Gasteiger partial charge in [-0.25, -0.2) is 4.84 Å². The number of aromatic amines is 1. The number of rotatable bonds is 11. The lowest BCUT2D eigenvalue weighted by atomic mass is 10.0. The van der Waals surface area contributed by atoms with Gasteiger partial charge in [-0.3, -0.25) is 4.79 Å². The van der Waals surface area contributed by atoms with Crippen molar-refractivity contribution in [3.63, 3.8) is 0 Å². The smallest absolute Gasteiger partial charge is 0.243 e. The van der Waals surface area contributed by atoms with E-state index in [1.54, 1.807) is 46.9 Å². The van der Waals surface area contributed by atoms with Gasteiger partial charge < -0.3 is 29.2 Å². The maximum absolute atomic E-state index is 13.0. The molecule has 194 valence electrons. The molecule has 0 saturated carbocycles. The highest BCUT2D eigenvalue weighted by Crippen LogP contribution is 2.45. The van der Waals surface area contributed by atoms with Crippen molar-refractivity contribution in [1.29, 1.82) is 0 Å². The molecule has 1 atom stereocenters. The third-order valence-corrected chi connectivity index (χ3v) is 6.91. The maximum Gasteiger partial charge on any atom is 0.243 e. The number of halogens is 1. The van der Waals surface area contributed by atoms with E-state index in [-0.39, 0.29) is 5.91 Å². The lowest BCUT2D eigenvalue weighted by Crippen LogP contribution is -2.37. The maximum atomic E-state index is 13.0. The molecule has 0 aliphatic carbocycles. The quantitative estimate of drug-likeness (QED) is 0.225. The SMILES string of the molecule is COc1ccc(-c2cnsc2-c2cc(OC)c(OC)c(OC)c2)cc1NC(=O)[C@@H](Cc1ccc[nH]1)NCl. The van der Waals surface area contributed by atoms with Gasteiger partial charge in [0.05, 0.1) is 39.0 Å². The summed E-state index contributed by atoms with van der Waals surface area (Å²) in [6, 6.07) is 12.4. The van der Waals surface area contributed by atoms with Crippen molar-refractivity contribution in [2.45, 2.75) is 12.5 Å². The van der Waals surface area contributed by atoms with Crippen molar-refractivity contribution in [2.75, 3.05) is 33.8 Å². The molecule has 11 heteroatoms. The topological polar surface area (TPSA) is 107 Å². The predicted molar refractivity (Wildman–Crippen MR) is 145 cm³/mol. The van der Waals surface area contributed by atoms with Crippen LogP contribution in [0, 0.1) is 0 Å². The minimum Gasteiger partial charge on any atom is -0.495 e. The Morgan fingerprint density at radius 3 is 2.32 bits per heavy atom. The number of hydrogen-bond donors (Lipinski definition) is 3. The van der Waals surface area contributed by atoms with E-state index in [4.69, 9.17) is 30.7 Å². The lowest BCUT2D eigenvalue weighted by molar-refractivity contribution is -0.117. The third-order valence-electron chi connectivity index (χ3n) is 5.80. The summed E-state index contributed by atoms with van der Waals surface area (Å²) in [5, 5.41) is 2.94. The molecular weight excluding hydrogens is 516 g/mol. The van der Waals surface area contributed by atoms with Crippen LogP contribution in [0.3, 0.4) is 0 Å². The second-order valence-electron chi connectivity index (χ2n) is 7.95. The van der Waals surface area contributed by atoms with Crippen molar-refractivity contribution in [1.82, 2.24) is 14.2 Å². The average Bonchev–Trinajstić information content (AvgIpc) is 3.63. The Kier molecular flexibility index (Phi) is 8.54. The first-order chi connectivity index (χ1) is 18.0. The highest BCUT2D eigenvalue weighted by atomic mass is 35.5. The zero-order valence-corrected chi connectivity index (χ0v) is 22.3. The monoisotopic (exact) mass is 542 g/mol. The van der Waals surface area contributed by atoms with Gasteiger partial charge in [0.1, 0.15) is 11.8 Å². The summed E-state index contributed by atoms with van der Waals surface area (Å²) in [4.78, 5) is 19.6. The van der Waals surface area contributed by atoms with E-state index in [1.165, 1.54) is 11.5 Å². The van der Waals surface area contributed by atoms with Gasteiger partial charge in [0.15, 0.2) is 11.5 Å². The van der Waals surface area contributed by atoms with Crippen LogP contribution < -0.4 is 29.1 Å². The number of anilines is 1. The van der Waals surface area contributed by atoms with Gasteiger partial charge in [0.25, 0.3) is 0 Å². The number of ether oxygens (including phenoxy) is 4. The molecule has 2 aromatic heterocycles. The van der Waals surface area contributed by atoms with Crippen LogP contribution >= 0.6 is 23.3 Å². The molecule has 37 heavy (non-hydrogen) atoms. The number of H-pyrrole nitrogens is 1. The predicted octanol–water partition coefficient (Wildman–Crippen LogP) is 5.13. The molecular formula is C26H27ClN4O5S. The Hall–Kier alpha value is -3.73. The summed E-state index contributed by atoms with van der Waals surface area (Å²) in [5.41, 5.74) is 3.96. The summed E-state index contributed by atoms with van der Waals surface area (Å²) in [7, 11) is 6.26. The van der Waals surface area contributed by atoms with Crippen LogP contribution in [0.4, 0.5) is 5.69 Å². The Labute approximate surface area is 223 Å². The van der Waals surface area contributed by atoms with Gasteiger partial charge in [-0.05, 0) is 65.3 Å². The molecule has 4 aromatic rings. The van der Waals surface area contributed by atoms with E-state index in [2.05, 4.69) is 19.5 Å². The number of amides is 1. The molecule has 0 bridgehead atoms. The van der Waals surface area contributed by atoms with Crippen LogP contribution in [0.25, 0.3) is 21.6 Å². The van der Waals surface area contributed by atoms with Gasteiger partial charge in [-0.2, -0.15) is 4.37 Å². The van der Waals surface area contributed by atoms with E-state index >= 15 is 0 Å². The number of nitrogens with one attached hydrogen (secondary N) is 3. The average molecular weight is 543 g/mol. The summed E-state index contributed by atoms with van der Waals surface area (Å²) < 4.78 is 26.4. The molecule has 0 fully saturated rings. The number of nitrogens with zero attached hydrogens (tertiary/aromatic N) is 1. The number of methoxy groups -OCH3 is 4. The molecule has 4 rings (SSSR count). The van der Waals surface area contributed by atoms with Gasteiger partial charge in [0.2, 0.25) is 11.7 Å². The van der Waals surface area contributed by atoms with Crippen LogP contribution in [0.1, 0.15) is 5.69 Å². The van der Waals surface area contributed by atoms with Crippen molar-refractivity contribution in [3.8, 4) is 44.6 Å². The fraction of sp³-hybridized carbons (Fsp3) is 0.231. The van der Waals surface area contributed by atoms with Crippen LogP contribution in [-0.2, 0) is 11.2 Å². The summed E-state index contributed by atoms with van der Waals surface area (Å²) >= 11 is 7.24. The van der Waals surface area contributed by atoms with E-state index in [9.17, 15) is 4.79 Å². The second-order valence-corrected chi connectivity index (χ2v) is 8.97. The van der Waals surface area contributed by atoms with Crippen molar-refractivity contribution >= 4 is 34.9 Å². The third kappa shape index (κ3) is 5.66. The molecule has 2 heterocycles. The Bertz CT molecular complexity index is 1330. The Balaban J connectivity index is 1.68. The van der Waals surface area contributed by atoms with Crippen molar-refractivity contribution in [3.05, 3.63) is 60.6 Å². The van der Waals surface area contributed by atoms with E-state index in [0.29, 0.717) is 35.1 Å². The Morgan fingerprint density at radius 1 is 1.00 bits per heavy atom. The molecule has 0 aliphatic heterocycles. The molecule has 0 aliphatic rings. The second kappa shape index (κ2) is 12.0. The zero-order valence-electron chi connectivity index (χ0n) is 20.8. The molecule has 0 saturated heterocycles. The van der Waals surface area contributed by atoms with Crippen LogP contribution in [-0.4, -0.2) is 49.7 Å². The minimum atomic E-state index is -0.661. The number of hydrogen-bond acceptors (Lipinski definition) is 8. The van der Waals surface area contributed by atoms with Crippen molar-refractivity contribution in [2.24, 2.45) is 0 Å². The van der Waals surface area contributed by atoms with Crippen molar-refractivity contribution < 1.29 is 23.7 Å². The summed E-state index contributed by atoms with van der Waals surface area (Å²) in [6.45, 7) is 0. The van der Waals surface area contributed by atoms with E-state index in [0.717, 1.165) is 27.3 Å². The number of benzene rings is 2. The normalized spacial score (nSPS) is 11.6. The van der Waals surface area contributed by atoms with Gasteiger partial charge in [0, 0.05) is 35.6 Å².